The van der Waals surface area contributed by atoms with Gasteiger partial charge in [0.1, 0.15) is 6.10 Å². The van der Waals surface area contributed by atoms with Crippen molar-refractivity contribution in [3.05, 3.63) is 48.0 Å². The van der Waals surface area contributed by atoms with Crippen LogP contribution in [0, 0.1) is 5.92 Å². The Bertz CT molecular complexity index is 856. The van der Waals surface area contributed by atoms with Gasteiger partial charge >= 0.3 is 12.0 Å². The summed E-state index contributed by atoms with van der Waals surface area (Å²) in [7, 11) is 0. The fourth-order valence-corrected chi connectivity index (χ4v) is 3.14. The maximum absolute atomic E-state index is 12.8. The Morgan fingerprint density at radius 2 is 1.73 bits per heavy atom. The van der Waals surface area contributed by atoms with Crippen molar-refractivity contribution in [3.63, 3.8) is 0 Å². The molecule has 0 radical (unpaired) electrons. The molecule has 164 valence electrons. The van der Waals surface area contributed by atoms with Crippen LogP contribution in [0.1, 0.15) is 32.4 Å². The van der Waals surface area contributed by atoms with E-state index in [1.54, 1.807) is 13.0 Å². The molecule has 0 aromatic heterocycles. The number of benzene rings is 2. The first-order chi connectivity index (χ1) is 14.2. The average Bonchev–Trinajstić information content (AvgIpc) is 2.71. The number of aliphatic hydroxyl groups excluding tert-OH is 2. The third-order valence-electron chi connectivity index (χ3n) is 4.56. The highest BCUT2D eigenvalue weighted by molar-refractivity contribution is 5.83. The lowest BCUT2D eigenvalue weighted by Gasteiger charge is -2.30. The summed E-state index contributed by atoms with van der Waals surface area (Å²) in [5.74, 6) is -1.36. The van der Waals surface area contributed by atoms with Gasteiger partial charge in [0, 0.05) is 13.2 Å². The molecule has 0 aliphatic rings. The van der Waals surface area contributed by atoms with Gasteiger partial charge in [0.25, 0.3) is 0 Å². The number of carbonyl (C=O) groups excluding carboxylic acids is 1. The van der Waals surface area contributed by atoms with Crippen LogP contribution in [0.4, 0.5) is 4.79 Å². The maximum atomic E-state index is 12.8. The molecule has 0 saturated heterocycles. The summed E-state index contributed by atoms with van der Waals surface area (Å²) in [6.07, 6.45) is -3.88. The number of urea groups is 1. The van der Waals surface area contributed by atoms with Gasteiger partial charge in [-0.3, -0.25) is 0 Å². The van der Waals surface area contributed by atoms with E-state index in [1.807, 2.05) is 50.2 Å². The number of ether oxygens (including phenoxy) is 1. The van der Waals surface area contributed by atoms with Crippen LogP contribution in [0.5, 0.6) is 0 Å². The summed E-state index contributed by atoms with van der Waals surface area (Å²) >= 11 is 0. The van der Waals surface area contributed by atoms with Gasteiger partial charge in [-0.05, 0) is 35.2 Å². The number of aliphatic hydroxyl groups is 2. The highest BCUT2D eigenvalue weighted by Crippen LogP contribution is 2.23. The molecule has 0 spiro atoms. The highest BCUT2D eigenvalue weighted by Gasteiger charge is 2.28. The topological polar surface area (TPSA) is 119 Å². The first-order valence-electron chi connectivity index (χ1n) is 9.97. The van der Waals surface area contributed by atoms with Crippen LogP contribution < -0.4 is 5.32 Å². The second kappa shape index (κ2) is 10.9. The van der Waals surface area contributed by atoms with E-state index < -0.39 is 30.4 Å². The largest absolute Gasteiger partial charge is 0.479 e. The Morgan fingerprint density at radius 3 is 2.33 bits per heavy atom. The van der Waals surface area contributed by atoms with Crippen molar-refractivity contribution in [3.8, 4) is 0 Å². The number of hydrogen-bond donors (Lipinski definition) is 4. The monoisotopic (exact) mass is 418 g/mol. The van der Waals surface area contributed by atoms with Gasteiger partial charge in [-0.15, -0.1) is 0 Å². The van der Waals surface area contributed by atoms with E-state index in [9.17, 15) is 19.8 Å². The molecular weight excluding hydrogens is 388 g/mol. The number of amides is 2. The third-order valence-corrected chi connectivity index (χ3v) is 4.56. The number of fused-ring (bicyclic) bond motifs is 1. The van der Waals surface area contributed by atoms with E-state index >= 15 is 0 Å². The summed E-state index contributed by atoms with van der Waals surface area (Å²) < 4.78 is 5.56. The van der Waals surface area contributed by atoms with Gasteiger partial charge in [0.15, 0.2) is 12.3 Å². The number of aliphatic carboxylic acids is 1. The standard InChI is InChI=1S/C22H30N2O6/c1-4-30-20(19(26)17-10-9-15-7-5-6-8-16(15)11-17)23-22(29)24(12-14(2)3)13-18(25)21(27)28/h5-11,14,18-20,25-26H,4,12-13H2,1-3H3,(H,23,29)(H,27,28). The van der Waals surface area contributed by atoms with E-state index in [-0.39, 0.29) is 25.6 Å². The summed E-state index contributed by atoms with van der Waals surface area (Å²) in [4.78, 5) is 25.0. The average molecular weight is 418 g/mol. The first kappa shape index (κ1) is 23.6. The molecule has 3 atom stereocenters. The van der Waals surface area contributed by atoms with E-state index in [2.05, 4.69) is 5.32 Å². The van der Waals surface area contributed by atoms with Crippen molar-refractivity contribution >= 4 is 22.8 Å². The van der Waals surface area contributed by atoms with Crippen LogP contribution in [0.2, 0.25) is 0 Å². The van der Waals surface area contributed by atoms with Crippen molar-refractivity contribution in [2.75, 3.05) is 19.7 Å². The number of carbonyl (C=O) groups is 2. The van der Waals surface area contributed by atoms with Crippen molar-refractivity contribution in [1.29, 1.82) is 0 Å². The zero-order valence-corrected chi connectivity index (χ0v) is 17.5. The molecule has 0 bridgehead atoms. The Hall–Kier alpha value is -2.68. The summed E-state index contributed by atoms with van der Waals surface area (Å²) in [6, 6.07) is 12.6. The molecule has 0 aliphatic carbocycles. The molecule has 30 heavy (non-hydrogen) atoms. The number of hydrogen-bond acceptors (Lipinski definition) is 5. The zero-order chi connectivity index (χ0) is 22.3. The number of rotatable bonds is 10. The smallest absolute Gasteiger partial charge is 0.334 e. The van der Waals surface area contributed by atoms with E-state index in [0.29, 0.717) is 5.56 Å². The second-order valence-corrected chi connectivity index (χ2v) is 7.53. The Balaban J connectivity index is 2.19. The summed E-state index contributed by atoms with van der Waals surface area (Å²) in [6.45, 7) is 5.60. The van der Waals surface area contributed by atoms with Crippen LogP contribution in [-0.4, -0.2) is 64.2 Å². The van der Waals surface area contributed by atoms with E-state index in [1.165, 1.54) is 4.90 Å². The van der Waals surface area contributed by atoms with Gasteiger partial charge in [0.05, 0.1) is 6.54 Å². The minimum atomic E-state index is -1.70. The van der Waals surface area contributed by atoms with Gasteiger partial charge in [-0.2, -0.15) is 0 Å². The Labute approximate surface area is 176 Å². The van der Waals surface area contributed by atoms with Crippen LogP contribution in [0.25, 0.3) is 10.8 Å². The van der Waals surface area contributed by atoms with Crippen molar-refractivity contribution in [1.82, 2.24) is 10.2 Å². The number of carboxylic acids is 1. The minimum Gasteiger partial charge on any atom is -0.479 e. The fraction of sp³-hybridized carbons (Fsp3) is 0.455. The van der Waals surface area contributed by atoms with Crippen LogP contribution >= 0.6 is 0 Å². The molecule has 2 rings (SSSR count). The first-order valence-corrected chi connectivity index (χ1v) is 9.97. The van der Waals surface area contributed by atoms with Crippen LogP contribution in [0.3, 0.4) is 0 Å². The lowest BCUT2D eigenvalue weighted by Crippen LogP contribution is -2.51. The molecule has 8 heteroatoms. The molecular formula is C22H30N2O6. The molecule has 2 aromatic rings. The minimum absolute atomic E-state index is 0.0488. The predicted octanol–water partition coefficient (Wildman–Crippen LogP) is 2.35. The molecule has 8 nitrogen and oxygen atoms in total. The third kappa shape index (κ3) is 6.41. The molecule has 0 fully saturated rings. The lowest BCUT2D eigenvalue weighted by molar-refractivity contribution is -0.147. The highest BCUT2D eigenvalue weighted by atomic mass is 16.5. The van der Waals surface area contributed by atoms with Crippen molar-refractivity contribution in [2.24, 2.45) is 5.92 Å². The maximum Gasteiger partial charge on any atom is 0.334 e. The van der Waals surface area contributed by atoms with Gasteiger partial charge < -0.3 is 30.3 Å². The SMILES string of the molecule is CCOC(NC(=O)N(CC(C)C)CC(O)C(=O)O)C(O)c1ccc2ccccc2c1. The van der Waals surface area contributed by atoms with Gasteiger partial charge in [0.2, 0.25) is 0 Å². The van der Waals surface area contributed by atoms with Gasteiger partial charge in [-0.1, -0.05) is 50.2 Å². The molecule has 4 N–H and O–H groups in total. The Morgan fingerprint density at radius 1 is 1.07 bits per heavy atom. The van der Waals surface area contributed by atoms with Crippen LogP contribution in [0.15, 0.2) is 42.5 Å². The van der Waals surface area contributed by atoms with E-state index in [4.69, 9.17) is 9.84 Å². The second-order valence-electron chi connectivity index (χ2n) is 7.53. The van der Waals surface area contributed by atoms with Gasteiger partial charge in [-0.25, -0.2) is 9.59 Å². The normalized spacial score (nSPS) is 14.3. The molecule has 3 unspecified atom stereocenters. The number of carboxylic acid groups (broad SMARTS) is 1. The van der Waals surface area contributed by atoms with Crippen LogP contribution in [-0.2, 0) is 9.53 Å². The Kier molecular flexibility index (Phi) is 8.58. The van der Waals surface area contributed by atoms with Crippen molar-refractivity contribution < 1.29 is 29.6 Å². The lowest BCUT2D eigenvalue weighted by atomic mass is 10.0. The van der Waals surface area contributed by atoms with E-state index in [0.717, 1.165) is 10.8 Å². The molecule has 0 heterocycles. The summed E-state index contributed by atoms with van der Waals surface area (Å²) in [5.41, 5.74) is 0.577. The summed E-state index contributed by atoms with van der Waals surface area (Å²) in [5, 5.41) is 34.1. The number of nitrogens with one attached hydrogen (secondary N) is 1. The predicted molar refractivity (Wildman–Crippen MR) is 113 cm³/mol. The van der Waals surface area contributed by atoms with Crippen molar-refractivity contribution in [2.45, 2.75) is 39.2 Å². The quantitative estimate of drug-likeness (QED) is 0.440. The molecule has 0 saturated carbocycles. The molecule has 2 amide bonds. The number of nitrogens with zero attached hydrogens (tertiary/aromatic N) is 1. The fourth-order valence-electron chi connectivity index (χ4n) is 3.14. The molecule has 2 aromatic carbocycles. The molecule has 0 aliphatic heterocycles. The zero-order valence-electron chi connectivity index (χ0n) is 17.5.